The van der Waals surface area contributed by atoms with E-state index in [1.54, 1.807) is 29.9 Å². The molecule has 32 heavy (non-hydrogen) atoms. The standard InChI is InChI=1S/C25H30FN3O3/c1-3-31-17-20(30)15-29(19-13-14-19)16-21-24(18-9-5-4-6-10-18)27-28(2)25(21)32-23-12-8-7-11-22(23)26/h4-12,19-20,30H,3,13-17H2,1-2H3. The smallest absolute Gasteiger partial charge is 0.222 e. The van der Waals surface area contributed by atoms with Gasteiger partial charge in [-0.2, -0.15) is 5.10 Å². The summed E-state index contributed by atoms with van der Waals surface area (Å²) < 4.78 is 27.5. The summed E-state index contributed by atoms with van der Waals surface area (Å²) in [4.78, 5) is 2.25. The van der Waals surface area contributed by atoms with Crippen molar-refractivity contribution in [2.24, 2.45) is 7.05 Å². The van der Waals surface area contributed by atoms with Crippen LogP contribution in [0.1, 0.15) is 25.3 Å². The predicted octanol–water partition coefficient (Wildman–Crippen LogP) is 4.38. The van der Waals surface area contributed by atoms with Crippen LogP contribution in [-0.2, 0) is 18.3 Å². The number of aliphatic hydroxyl groups is 1. The molecule has 0 aliphatic heterocycles. The lowest BCUT2D eigenvalue weighted by molar-refractivity contribution is 0.0178. The monoisotopic (exact) mass is 439 g/mol. The summed E-state index contributed by atoms with van der Waals surface area (Å²) in [7, 11) is 1.80. The summed E-state index contributed by atoms with van der Waals surface area (Å²) in [5.41, 5.74) is 2.63. The van der Waals surface area contributed by atoms with E-state index in [1.807, 2.05) is 37.3 Å². The average molecular weight is 440 g/mol. The molecule has 1 heterocycles. The minimum absolute atomic E-state index is 0.158. The largest absolute Gasteiger partial charge is 0.436 e. The van der Waals surface area contributed by atoms with Gasteiger partial charge in [0, 0.05) is 38.3 Å². The summed E-state index contributed by atoms with van der Waals surface area (Å²) in [6.07, 6.45) is 1.60. The molecule has 1 aliphatic carbocycles. The maximum absolute atomic E-state index is 14.3. The number of aliphatic hydroxyl groups excluding tert-OH is 1. The van der Waals surface area contributed by atoms with Gasteiger partial charge >= 0.3 is 0 Å². The van der Waals surface area contributed by atoms with Crippen molar-refractivity contribution in [3.05, 3.63) is 66.0 Å². The van der Waals surface area contributed by atoms with Crippen LogP contribution in [0.5, 0.6) is 11.6 Å². The van der Waals surface area contributed by atoms with Crippen LogP contribution in [0, 0.1) is 5.82 Å². The maximum atomic E-state index is 14.3. The highest BCUT2D eigenvalue weighted by Crippen LogP contribution is 2.37. The Labute approximate surface area is 188 Å². The summed E-state index contributed by atoms with van der Waals surface area (Å²) in [6, 6.07) is 16.7. The highest BCUT2D eigenvalue weighted by atomic mass is 19.1. The van der Waals surface area contributed by atoms with E-state index in [2.05, 4.69) is 4.90 Å². The molecule has 0 amide bonds. The minimum atomic E-state index is -0.580. The SMILES string of the molecule is CCOCC(O)CN(Cc1c(-c2ccccc2)nn(C)c1Oc1ccccc1F)C1CC1. The van der Waals surface area contributed by atoms with Gasteiger partial charge in [-0.1, -0.05) is 42.5 Å². The van der Waals surface area contributed by atoms with Gasteiger partial charge in [0.1, 0.15) is 5.69 Å². The molecule has 3 aromatic rings. The Morgan fingerprint density at radius 3 is 2.56 bits per heavy atom. The van der Waals surface area contributed by atoms with E-state index >= 15 is 0 Å². The molecule has 1 N–H and O–H groups in total. The molecule has 4 rings (SSSR count). The number of aryl methyl sites for hydroxylation is 1. The van der Waals surface area contributed by atoms with E-state index in [0.29, 0.717) is 38.2 Å². The van der Waals surface area contributed by atoms with Gasteiger partial charge in [0.25, 0.3) is 0 Å². The first kappa shape index (κ1) is 22.5. The fourth-order valence-electron chi connectivity index (χ4n) is 3.84. The van der Waals surface area contributed by atoms with Gasteiger partial charge in [0.15, 0.2) is 11.6 Å². The Hall–Kier alpha value is -2.74. The fraction of sp³-hybridized carbons (Fsp3) is 0.400. The quantitative estimate of drug-likeness (QED) is 0.481. The molecule has 0 radical (unpaired) electrons. The average Bonchev–Trinajstić information content (AvgIpc) is 3.60. The third-order valence-electron chi connectivity index (χ3n) is 5.56. The Morgan fingerprint density at radius 2 is 1.88 bits per heavy atom. The van der Waals surface area contributed by atoms with Crippen LogP contribution in [0.3, 0.4) is 0 Å². The minimum Gasteiger partial charge on any atom is -0.436 e. The van der Waals surface area contributed by atoms with Crippen LogP contribution in [0.15, 0.2) is 54.6 Å². The summed E-state index contributed by atoms with van der Waals surface area (Å²) >= 11 is 0. The topological polar surface area (TPSA) is 59.8 Å². The molecule has 1 unspecified atom stereocenters. The van der Waals surface area contributed by atoms with E-state index in [0.717, 1.165) is 29.7 Å². The maximum Gasteiger partial charge on any atom is 0.222 e. The Bertz CT molecular complexity index is 1020. The van der Waals surface area contributed by atoms with E-state index in [-0.39, 0.29) is 5.75 Å². The molecule has 7 heteroatoms. The first-order chi connectivity index (χ1) is 15.6. The predicted molar refractivity (Wildman–Crippen MR) is 121 cm³/mol. The molecule has 1 aromatic heterocycles. The van der Waals surface area contributed by atoms with Gasteiger partial charge in [-0.05, 0) is 31.9 Å². The molecule has 1 aliphatic rings. The van der Waals surface area contributed by atoms with E-state index in [9.17, 15) is 9.50 Å². The molecule has 1 fully saturated rings. The van der Waals surface area contributed by atoms with Crippen LogP contribution in [0.25, 0.3) is 11.3 Å². The third-order valence-corrected chi connectivity index (χ3v) is 5.56. The van der Waals surface area contributed by atoms with Crippen molar-refractivity contribution in [2.45, 2.75) is 38.5 Å². The number of aromatic nitrogens is 2. The second kappa shape index (κ2) is 10.3. The van der Waals surface area contributed by atoms with Gasteiger partial charge < -0.3 is 14.6 Å². The van der Waals surface area contributed by atoms with Gasteiger partial charge in [0.05, 0.1) is 18.3 Å². The number of hydrogen-bond acceptors (Lipinski definition) is 5. The molecular formula is C25H30FN3O3. The van der Waals surface area contributed by atoms with Gasteiger partial charge in [0.2, 0.25) is 5.88 Å². The van der Waals surface area contributed by atoms with Crippen LogP contribution in [-0.4, -0.2) is 51.7 Å². The van der Waals surface area contributed by atoms with Gasteiger partial charge in [-0.3, -0.25) is 4.90 Å². The lowest BCUT2D eigenvalue weighted by Gasteiger charge is -2.25. The number of ether oxygens (including phenoxy) is 2. The lowest BCUT2D eigenvalue weighted by atomic mass is 10.1. The van der Waals surface area contributed by atoms with Crippen molar-refractivity contribution >= 4 is 0 Å². The molecule has 0 spiro atoms. The normalized spacial score (nSPS) is 14.7. The highest BCUT2D eigenvalue weighted by Gasteiger charge is 2.33. The van der Waals surface area contributed by atoms with Gasteiger partial charge in [-0.25, -0.2) is 9.07 Å². The second-order valence-electron chi connectivity index (χ2n) is 8.13. The number of rotatable bonds is 11. The molecule has 0 saturated heterocycles. The number of hydrogen-bond donors (Lipinski definition) is 1. The fourth-order valence-corrected chi connectivity index (χ4v) is 3.84. The van der Waals surface area contributed by atoms with Crippen LogP contribution in [0.2, 0.25) is 0 Å². The number of nitrogens with zero attached hydrogens (tertiary/aromatic N) is 3. The van der Waals surface area contributed by atoms with Gasteiger partial charge in [-0.15, -0.1) is 0 Å². The van der Waals surface area contributed by atoms with Crippen molar-refractivity contribution in [1.29, 1.82) is 0 Å². The van der Waals surface area contributed by atoms with Crippen molar-refractivity contribution in [2.75, 3.05) is 19.8 Å². The van der Waals surface area contributed by atoms with E-state index in [4.69, 9.17) is 14.6 Å². The molecular weight excluding hydrogens is 409 g/mol. The molecule has 1 atom stereocenters. The van der Waals surface area contributed by atoms with Crippen molar-refractivity contribution < 1.29 is 19.0 Å². The third kappa shape index (κ3) is 5.35. The van der Waals surface area contributed by atoms with Crippen LogP contribution in [0.4, 0.5) is 4.39 Å². The number of benzene rings is 2. The Morgan fingerprint density at radius 1 is 1.16 bits per heavy atom. The zero-order valence-corrected chi connectivity index (χ0v) is 18.6. The van der Waals surface area contributed by atoms with Crippen LogP contribution < -0.4 is 4.74 Å². The Kier molecular flexibility index (Phi) is 7.19. The van der Waals surface area contributed by atoms with Crippen molar-refractivity contribution in [3.63, 3.8) is 0 Å². The summed E-state index contributed by atoms with van der Waals surface area (Å²) in [5.74, 6) is 0.233. The first-order valence-electron chi connectivity index (χ1n) is 11.1. The first-order valence-corrected chi connectivity index (χ1v) is 11.1. The summed E-state index contributed by atoms with van der Waals surface area (Å²) in [6.45, 7) is 3.82. The second-order valence-corrected chi connectivity index (χ2v) is 8.13. The van der Waals surface area contributed by atoms with E-state index in [1.165, 1.54) is 6.07 Å². The van der Waals surface area contributed by atoms with E-state index < -0.39 is 11.9 Å². The number of halogens is 1. The summed E-state index contributed by atoms with van der Waals surface area (Å²) in [5, 5.41) is 15.2. The van der Waals surface area contributed by atoms with Crippen molar-refractivity contribution in [1.82, 2.24) is 14.7 Å². The van der Waals surface area contributed by atoms with Crippen LogP contribution >= 0.6 is 0 Å². The molecule has 170 valence electrons. The Balaban J connectivity index is 1.68. The molecule has 6 nitrogen and oxygen atoms in total. The van der Waals surface area contributed by atoms with Crippen molar-refractivity contribution in [3.8, 4) is 22.9 Å². The molecule has 1 saturated carbocycles. The zero-order valence-electron chi connectivity index (χ0n) is 18.6. The molecule has 0 bridgehead atoms. The lowest BCUT2D eigenvalue weighted by Crippen LogP contribution is -2.36. The number of para-hydroxylation sites is 1. The molecule has 2 aromatic carbocycles. The highest BCUT2D eigenvalue weighted by molar-refractivity contribution is 5.65. The zero-order chi connectivity index (χ0) is 22.5.